The lowest BCUT2D eigenvalue weighted by molar-refractivity contribution is 0.678. The van der Waals surface area contributed by atoms with Crippen LogP contribution in [0.5, 0.6) is 0 Å². The van der Waals surface area contributed by atoms with E-state index < -0.39 is 0 Å². The number of rotatable bonds is 6. The normalized spacial score (nSPS) is 15.1. The maximum absolute atomic E-state index is 4.79. The maximum Gasteiger partial charge on any atom is 0.191 e. The Kier molecular flexibility index (Phi) is 6.49. The highest BCUT2D eigenvalue weighted by Gasteiger charge is 2.14. The molecule has 1 aromatic rings. The molecule has 0 aromatic carbocycles. The highest BCUT2D eigenvalue weighted by Crippen LogP contribution is 2.27. The number of aromatic nitrogens is 1. The van der Waals surface area contributed by atoms with Crippen LogP contribution in [0.3, 0.4) is 0 Å². The molecule has 2 rings (SSSR count). The van der Waals surface area contributed by atoms with Crippen LogP contribution in [0.4, 0.5) is 0 Å². The Labute approximate surface area is 132 Å². The first kappa shape index (κ1) is 16.3. The molecule has 5 heteroatoms. The zero-order chi connectivity index (χ0) is 15.1. The smallest absolute Gasteiger partial charge is 0.191 e. The topological polar surface area (TPSA) is 49.3 Å². The Bertz CT molecular complexity index is 441. The van der Waals surface area contributed by atoms with Crippen LogP contribution in [0.1, 0.15) is 55.6 Å². The summed E-state index contributed by atoms with van der Waals surface area (Å²) in [4.78, 5) is 10.9. The third kappa shape index (κ3) is 5.30. The van der Waals surface area contributed by atoms with Crippen LogP contribution in [0.15, 0.2) is 4.99 Å². The van der Waals surface area contributed by atoms with E-state index in [9.17, 15) is 0 Å². The number of hydrogen-bond acceptors (Lipinski definition) is 3. The molecule has 0 radical (unpaired) electrons. The number of guanidine groups is 1. The molecule has 0 aliphatic heterocycles. The van der Waals surface area contributed by atoms with Crippen LogP contribution in [0, 0.1) is 0 Å². The maximum atomic E-state index is 4.79. The second-order valence-electron chi connectivity index (χ2n) is 5.85. The van der Waals surface area contributed by atoms with Gasteiger partial charge in [-0.1, -0.05) is 0 Å². The Hall–Kier alpha value is -1.10. The second kappa shape index (κ2) is 8.37. The summed E-state index contributed by atoms with van der Waals surface area (Å²) in [6.45, 7) is 8.11. The van der Waals surface area contributed by atoms with Gasteiger partial charge in [0.05, 0.1) is 10.7 Å². The minimum absolute atomic E-state index is 0.411. The summed E-state index contributed by atoms with van der Waals surface area (Å²) in [6, 6.07) is 0.411. The standard InChI is InChI=1S/C16H28N4S/c1-4-17-16(19-12(2)3)18-11-7-10-15-20-13-8-5-6-9-14(13)21-15/h12H,4-11H2,1-3H3,(H2,17,18,19). The van der Waals surface area contributed by atoms with Crippen LogP contribution in [0.25, 0.3) is 0 Å². The molecule has 21 heavy (non-hydrogen) atoms. The Morgan fingerprint density at radius 3 is 2.86 bits per heavy atom. The van der Waals surface area contributed by atoms with Gasteiger partial charge in [0.15, 0.2) is 5.96 Å². The molecule has 0 fully saturated rings. The molecule has 1 aliphatic rings. The predicted molar refractivity (Wildman–Crippen MR) is 91.3 cm³/mol. The molecular weight excluding hydrogens is 280 g/mol. The molecule has 0 bridgehead atoms. The SMILES string of the molecule is CCNC(=NCCCc1nc2c(s1)CCCC2)NC(C)C. The van der Waals surface area contributed by atoms with Gasteiger partial charge in [-0.15, -0.1) is 11.3 Å². The van der Waals surface area contributed by atoms with Gasteiger partial charge in [0.1, 0.15) is 0 Å². The van der Waals surface area contributed by atoms with Crippen molar-refractivity contribution in [3.05, 3.63) is 15.6 Å². The first-order valence-corrected chi connectivity index (χ1v) is 9.03. The summed E-state index contributed by atoms with van der Waals surface area (Å²) in [5.74, 6) is 0.922. The van der Waals surface area contributed by atoms with E-state index in [1.807, 2.05) is 11.3 Å². The van der Waals surface area contributed by atoms with Crippen molar-refractivity contribution in [1.82, 2.24) is 15.6 Å². The lowest BCUT2D eigenvalue weighted by Gasteiger charge is -2.13. The molecule has 1 aliphatic carbocycles. The summed E-state index contributed by atoms with van der Waals surface area (Å²) in [5.41, 5.74) is 1.37. The van der Waals surface area contributed by atoms with Gasteiger partial charge in [0, 0.05) is 30.4 Å². The fourth-order valence-electron chi connectivity index (χ4n) is 2.53. The minimum Gasteiger partial charge on any atom is -0.357 e. The van der Waals surface area contributed by atoms with Crippen LogP contribution in [-0.4, -0.2) is 30.1 Å². The van der Waals surface area contributed by atoms with Gasteiger partial charge in [-0.2, -0.15) is 0 Å². The van der Waals surface area contributed by atoms with Crippen molar-refractivity contribution in [2.45, 2.75) is 65.3 Å². The molecule has 1 aromatic heterocycles. The average molecular weight is 308 g/mol. The molecule has 2 N–H and O–H groups in total. The van der Waals surface area contributed by atoms with Crippen molar-refractivity contribution in [3.63, 3.8) is 0 Å². The fourth-order valence-corrected chi connectivity index (χ4v) is 3.73. The molecule has 4 nitrogen and oxygen atoms in total. The predicted octanol–water partition coefficient (Wildman–Crippen LogP) is 2.92. The fraction of sp³-hybridized carbons (Fsp3) is 0.750. The molecule has 0 amide bonds. The first-order chi connectivity index (χ1) is 10.2. The van der Waals surface area contributed by atoms with Gasteiger partial charge in [0.2, 0.25) is 0 Å². The molecule has 0 spiro atoms. The molecule has 0 unspecified atom stereocenters. The van der Waals surface area contributed by atoms with Crippen molar-refractivity contribution in [3.8, 4) is 0 Å². The molecular formula is C16H28N4S. The summed E-state index contributed by atoms with van der Waals surface area (Å²) in [7, 11) is 0. The summed E-state index contributed by atoms with van der Waals surface area (Å²) in [5, 5.41) is 7.93. The summed E-state index contributed by atoms with van der Waals surface area (Å²) < 4.78 is 0. The van der Waals surface area contributed by atoms with E-state index in [1.165, 1.54) is 41.3 Å². The first-order valence-electron chi connectivity index (χ1n) is 8.21. The van der Waals surface area contributed by atoms with Crippen LogP contribution in [-0.2, 0) is 19.3 Å². The van der Waals surface area contributed by atoms with E-state index in [-0.39, 0.29) is 0 Å². The molecule has 1 heterocycles. The number of thiazole rings is 1. The van der Waals surface area contributed by atoms with E-state index in [2.05, 4.69) is 36.4 Å². The number of aliphatic imine (C=N–C) groups is 1. The number of fused-ring (bicyclic) bond motifs is 1. The van der Waals surface area contributed by atoms with Gasteiger partial charge < -0.3 is 10.6 Å². The van der Waals surface area contributed by atoms with Gasteiger partial charge in [-0.05, 0) is 52.9 Å². The number of nitrogens with zero attached hydrogens (tertiary/aromatic N) is 2. The molecule has 118 valence electrons. The quantitative estimate of drug-likeness (QED) is 0.482. The molecule has 0 saturated carbocycles. The van der Waals surface area contributed by atoms with Gasteiger partial charge >= 0.3 is 0 Å². The summed E-state index contributed by atoms with van der Waals surface area (Å²) in [6.07, 6.45) is 7.21. The van der Waals surface area contributed by atoms with E-state index in [0.29, 0.717) is 6.04 Å². The number of aryl methyl sites for hydroxylation is 3. The van der Waals surface area contributed by atoms with Crippen molar-refractivity contribution < 1.29 is 0 Å². The lowest BCUT2D eigenvalue weighted by atomic mass is 10.0. The Morgan fingerprint density at radius 2 is 2.14 bits per heavy atom. The lowest BCUT2D eigenvalue weighted by Crippen LogP contribution is -2.41. The Morgan fingerprint density at radius 1 is 1.33 bits per heavy atom. The van der Waals surface area contributed by atoms with E-state index in [4.69, 9.17) is 4.98 Å². The van der Waals surface area contributed by atoms with E-state index >= 15 is 0 Å². The monoisotopic (exact) mass is 308 g/mol. The highest BCUT2D eigenvalue weighted by molar-refractivity contribution is 7.11. The van der Waals surface area contributed by atoms with E-state index in [1.54, 1.807) is 0 Å². The van der Waals surface area contributed by atoms with Crippen molar-refractivity contribution >= 4 is 17.3 Å². The third-order valence-corrected chi connectivity index (χ3v) is 4.70. The van der Waals surface area contributed by atoms with Crippen molar-refractivity contribution in [2.24, 2.45) is 4.99 Å². The zero-order valence-corrected chi connectivity index (χ0v) is 14.4. The summed E-state index contributed by atoms with van der Waals surface area (Å²) >= 11 is 1.92. The van der Waals surface area contributed by atoms with Gasteiger partial charge in [-0.25, -0.2) is 4.98 Å². The third-order valence-electron chi connectivity index (χ3n) is 3.48. The highest BCUT2D eigenvalue weighted by atomic mass is 32.1. The van der Waals surface area contributed by atoms with Crippen LogP contribution < -0.4 is 10.6 Å². The minimum atomic E-state index is 0.411. The second-order valence-corrected chi connectivity index (χ2v) is 7.02. The van der Waals surface area contributed by atoms with E-state index in [0.717, 1.165) is 31.9 Å². The Balaban J connectivity index is 1.78. The van der Waals surface area contributed by atoms with Crippen molar-refractivity contribution in [1.29, 1.82) is 0 Å². The van der Waals surface area contributed by atoms with Crippen molar-refractivity contribution in [2.75, 3.05) is 13.1 Å². The van der Waals surface area contributed by atoms with Gasteiger partial charge in [0.25, 0.3) is 0 Å². The largest absolute Gasteiger partial charge is 0.357 e. The van der Waals surface area contributed by atoms with Gasteiger partial charge in [-0.3, -0.25) is 4.99 Å². The van der Waals surface area contributed by atoms with Crippen LogP contribution >= 0.6 is 11.3 Å². The number of hydrogen-bond donors (Lipinski definition) is 2. The molecule has 0 atom stereocenters. The average Bonchev–Trinajstić information content (AvgIpc) is 2.85. The zero-order valence-electron chi connectivity index (χ0n) is 13.5. The van der Waals surface area contributed by atoms with Crippen LogP contribution in [0.2, 0.25) is 0 Å². The number of nitrogens with one attached hydrogen (secondary N) is 2. The molecule has 0 saturated heterocycles.